The Bertz CT molecular complexity index is 1090. The maximum Gasteiger partial charge on any atom is 0.221 e. The van der Waals surface area contributed by atoms with E-state index in [2.05, 4.69) is 20.0 Å². The number of anilines is 3. The molecule has 0 atom stereocenters. The number of carbonyl (C=O) groups is 1. The highest BCUT2D eigenvalue weighted by molar-refractivity contribution is 8.93. The molecule has 0 fully saturated rings. The van der Waals surface area contributed by atoms with E-state index in [1.165, 1.54) is 6.92 Å². The lowest BCUT2D eigenvalue weighted by molar-refractivity contribution is -0.114. The first kappa shape index (κ1) is 19.1. The van der Waals surface area contributed by atoms with Crippen LogP contribution in [-0.2, 0) is 4.79 Å². The van der Waals surface area contributed by atoms with E-state index in [0.717, 1.165) is 39.2 Å². The third-order valence-corrected chi connectivity index (χ3v) is 4.67. The van der Waals surface area contributed by atoms with Gasteiger partial charge in [0.05, 0.1) is 11.4 Å². The minimum Gasteiger partial charge on any atom is -0.332 e. The Morgan fingerprint density at radius 2 is 1.81 bits per heavy atom. The molecule has 4 rings (SSSR count). The molecule has 4 aromatic rings. The van der Waals surface area contributed by atoms with Gasteiger partial charge in [-0.05, 0) is 43.3 Å². The Kier molecular flexibility index (Phi) is 5.57. The highest BCUT2D eigenvalue weighted by Gasteiger charge is 2.14. The molecule has 3 heterocycles. The molecule has 0 radical (unpaired) electrons. The zero-order valence-electron chi connectivity index (χ0n) is 14.8. The first-order valence-electron chi connectivity index (χ1n) is 8.14. The van der Waals surface area contributed by atoms with E-state index in [9.17, 15) is 4.79 Å². The van der Waals surface area contributed by atoms with Crippen molar-refractivity contribution >= 4 is 56.4 Å². The van der Waals surface area contributed by atoms with Crippen LogP contribution in [-0.4, -0.2) is 20.3 Å². The van der Waals surface area contributed by atoms with Gasteiger partial charge in [-0.1, -0.05) is 6.07 Å². The highest BCUT2D eigenvalue weighted by atomic mass is 79.9. The summed E-state index contributed by atoms with van der Waals surface area (Å²) < 4.78 is 2.05. The van der Waals surface area contributed by atoms with Crippen molar-refractivity contribution in [3.8, 4) is 11.4 Å². The fourth-order valence-electron chi connectivity index (χ4n) is 2.83. The first-order valence-corrected chi connectivity index (χ1v) is 9.02. The second-order valence-corrected chi connectivity index (χ2v) is 6.75. The van der Waals surface area contributed by atoms with Crippen molar-refractivity contribution in [3.63, 3.8) is 0 Å². The lowest BCUT2D eigenvalue weighted by atomic mass is 10.3. The molecule has 1 amide bonds. The Balaban J connectivity index is 0.00000210. The van der Waals surface area contributed by atoms with Crippen LogP contribution >= 0.6 is 28.3 Å². The zero-order valence-corrected chi connectivity index (χ0v) is 17.3. The second-order valence-electron chi connectivity index (χ2n) is 5.90. The van der Waals surface area contributed by atoms with Crippen LogP contribution in [0, 0.1) is 6.92 Å². The average molecular weight is 444 g/mol. The third-order valence-electron chi connectivity index (χ3n) is 3.91. The van der Waals surface area contributed by atoms with Crippen LogP contribution in [0.1, 0.15) is 12.6 Å². The number of carbonyl (C=O) groups excluding carboxylic acids is 1. The van der Waals surface area contributed by atoms with Gasteiger partial charge in [0.15, 0.2) is 5.13 Å². The molecule has 0 saturated carbocycles. The Labute approximate surface area is 171 Å². The highest BCUT2D eigenvalue weighted by Crippen LogP contribution is 2.30. The molecule has 3 aromatic heterocycles. The van der Waals surface area contributed by atoms with Gasteiger partial charge in [-0.3, -0.25) is 9.20 Å². The SMILES string of the molecule is Br.CC(=O)Nc1ccc(Nc2nc(-c3c(C)nc4ccccn34)cs2)cc1. The quantitative estimate of drug-likeness (QED) is 0.462. The van der Waals surface area contributed by atoms with E-state index in [0.29, 0.717) is 0 Å². The maximum atomic E-state index is 11.1. The van der Waals surface area contributed by atoms with Gasteiger partial charge < -0.3 is 10.6 Å². The molecular formula is C19H18BrN5OS. The van der Waals surface area contributed by atoms with Gasteiger partial charge in [0.2, 0.25) is 5.91 Å². The number of hydrogen-bond donors (Lipinski definition) is 2. The van der Waals surface area contributed by atoms with Gasteiger partial charge in [0, 0.05) is 29.9 Å². The number of aromatic nitrogens is 3. The van der Waals surface area contributed by atoms with Crippen LogP contribution in [0.2, 0.25) is 0 Å². The van der Waals surface area contributed by atoms with Crippen LogP contribution in [0.3, 0.4) is 0 Å². The summed E-state index contributed by atoms with van der Waals surface area (Å²) in [5, 5.41) is 8.88. The first-order chi connectivity index (χ1) is 12.6. The number of halogens is 1. The van der Waals surface area contributed by atoms with Crippen molar-refractivity contribution in [1.29, 1.82) is 0 Å². The largest absolute Gasteiger partial charge is 0.332 e. The van der Waals surface area contributed by atoms with E-state index in [1.54, 1.807) is 11.3 Å². The van der Waals surface area contributed by atoms with E-state index in [1.807, 2.05) is 61.0 Å². The van der Waals surface area contributed by atoms with Crippen LogP contribution in [0.15, 0.2) is 54.0 Å². The molecule has 1 aromatic carbocycles. The number of rotatable bonds is 4. The van der Waals surface area contributed by atoms with E-state index in [4.69, 9.17) is 4.98 Å². The van der Waals surface area contributed by atoms with Crippen molar-refractivity contribution in [2.75, 3.05) is 10.6 Å². The van der Waals surface area contributed by atoms with Gasteiger partial charge in [0.1, 0.15) is 11.3 Å². The maximum absolute atomic E-state index is 11.1. The standard InChI is InChI=1S/C19H17N5OS.BrH/c1-12-18(24-10-4-3-5-17(24)20-12)16-11-26-19(23-16)22-15-8-6-14(7-9-15)21-13(2)25;/h3-11H,1-2H3,(H,21,25)(H,22,23);1H. The second kappa shape index (κ2) is 7.89. The number of imidazole rings is 1. The predicted octanol–water partition coefficient (Wildman–Crippen LogP) is 5.05. The summed E-state index contributed by atoms with van der Waals surface area (Å²) in [6, 6.07) is 13.5. The van der Waals surface area contributed by atoms with Gasteiger partial charge >= 0.3 is 0 Å². The van der Waals surface area contributed by atoms with Crippen molar-refractivity contribution in [2.24, 2.45) is 0 Å². The Morgan fingerprint density at radius 1 is 1.07 bits per heavy atom. The van der Waals surface area contributed by atoms with Crippen molar-refractivity contribution in [2.45, 2.75) is 13.8 Å². The van der Waals surface area contributed by atoms with Gasteiger partial charge in [-0.15, -0.1) is 28.3 Å². The number of aryl methyl sites for hydroxylation is 1. The summed E-state index contributed by atoms with van der Waals surface area (Å²) in [5.41, 5.74) is 5.44. The van der Waals surface area contributed by atoms with Crippen molar-refractivity contribution < 1.29 is 4.79 Å². The van der Waals surface area contributed by atoms with Gasteiger partial charge in [-0.25, -0.2) is 9.97 Å². The molecule has 138 valence electrons. The smallest absolute Gasteiger partial charge is 0.221 e. The topological polar surface area (TPSA) is 71.3 Å². The summed E-state index contributed by atoms with van der Waals surface area (Å²) in [5.74, 6) is -0.0846. The van der Waals surface area contributed by atoms with Crippen molar-refractivity contribution in [3.05, 3.63) is 59.7 Å². The fraction of sp³-hybridized carbons (Fsp3) is 0.105. The Morgan fingerprint density at radius 3 is 2.56 bits per heavy atom. The van der Waals surface area contributed by atoms with Gasteiger partial charge in [0.25, 0.3) is 0 Å². The number of benzene rings is 1. The molecule has 0 spiro atoms. The number of fused-ring (bicyclic) bond motifs is 1. The van der Waals surface area contributed by atoms with Crippen molar-refractivity contribution in [1.82, 2.24) is 14.4 Å². The number of hydrogen-bond acceptors (Lipinski definition) is 5. The molecule has 0 aliphatic carbocycles. The molecule has 8 heteroatoms. The zero-order chi connectivity index (χ0) is 18.1. The molecule has 2 N–H and O–H groups in total. The summed E-state index contributed by atoms with van der Waals surface area (Å²) >= 11 is 1.54. The molecule has 0 aliphatic heterocycles. The average Bonchev–Trinajstić information content (AvgIpc) is 3.19. The molecule has 0 aliphatic rings. The summed E-state index contributed by atoms with van der Waals surface area (Å²) in [4.78, 5) is 20.4. The number of thiazole rings is 1. The van der Waals surface area contributed by atoms with Crippen LogP contribution in [0.25, 0.3) is 17.0 Å². The van der Waals surface area contributed by atoms with Crippen LogP contribution in [0.4, 0.5) is 16.5 Å². The van der Waals surface area contributed by atoms with E-state index < -0.39 is 0 Å². The minimum absolute atomic E-state index is 0. The minimum atomic E-state index is -0.0846. The fourth-order valence-corrected chi connectivity index (χ4v) is 3.54. The predicted molar refractivity (Wildman–Crippen MR) is 115 cm³/mol. The van der Waals surface area contributed by atoms with E-state index >= 15 is 0 Å². The molecule has 0 unspecified atom stereocenters. The number of amides is 1. The molecule has 6 nitrogen and oxygen atoms in total. The molecule has 27 heavy (non-hydrogen) atoms. The summed E-state index contributed by atoms with van der Waals surface area (Å²) in [6.45, 7) is 3.49. The van der Waals surface area contributed by atoms with Crippen LogP contribution < -0.4 is 10.6 Å². The molecule has 0 bridgehead atoms. The Hall–Kier alpha value is -2.71. The lowest BCUT2D eigenvalue weighted by Crippen LogP contribution is -2.05. The number of nitrogens with one attached hydrogen (secondary N) is 2. The van der Waals surface area contributed by atoms with Crippen LogP contribution in [0.5, 0.6) is 0 Å². The van der Waals surface area contributed by atoms with E-state index in [-0.39, 0.29) is 22.9 Å². The molecule has 0 saturated heterocycles. The normalized spacial score (nSPS) is 10.4. The summed E-state index contributed by atoms with van der Waals surface area (Å²) in [6.07, 6.45) is 2.00. The monoisotopic (exact) mass is 443 g/mol. The third kappa shape index (κ3) is 4.01. The number of nitrogens with zero attached hydrogens (tertiary/aromatic N) is 3. The van der Waals surface area contributed by atoms with Gasteiger partial charge in [-0.2, -0.15) is 0 Å². The molecular weight excluding hydrogens is 426 g/mol. The number of pyridine rings is 1. The summed E-state index contributed by atoms with van der Waals surface area (Å²) in [7, 11) is 0. The lowest BCUT2D eigenvalue weighted by Gasteiger charge is -2.05.